The van der Waals surface area contributed by atoms with Crippen molar-refractivity contribution < 1.29 is 9.47 Å². The quantitative estimate of drug-likeness (QED) is 0.263. The molecule has 2 heterocycles. The summed E-state index contributed by atoms with van der Waals surface area (Å²) < 4.78 is 13.1. The largest absolute Gasteiger partial charge is 0.497 e. The first kappa shape index (κ1) is 22.3. The van der Waals surface area contributed by atoms with Crippen molar-refractivity contribution in [3.05, 3.63) is 35.9 Å². The summed E-state index contributed by atoms with van der Waals surface area (Å²) in [7, 11) is 3.40. The summed E-state index contributed by atoms with van der Waals surface area (Å²) >= 11 is 0. The maximum absolute atomic E-state index is 5.71. The summed E-state index contributed by atoms with van der Waals surface area (Å²) in [6.45, 7) is 2.78. The lowest BCUT2D eigenvalue weighted by molar-refractivity contribution is 0.321. The van der Waals surface area contributed by atoms with E-state index in [4.69, 9.17) is 9.47 Å². The van der Waals surface area contributed by atoms with Crippen LogP contribution in [0.15, 0.2) is 29.3 Å². The van der Waals surface area contributed by atoms with Crippen LogP contribution in [0.1, 0.15) is 30.9 Å². The molecule has 0 amide bonds. The van der Waals surface area contributed by atoms with Gasteiger partial charge in [0.1, 0.15) is 23.9 Å². The maximum atomic E-state index is 5.71. The summed E-state index contributed by atoms with van der Waals surface area (Å²) in [6, 6.07) is 7.54. The number of hydrogen-bond donors (Lipinski definition) is 2. The van der Waals surface area contributed by atoms with Crippen LogP contribution in [0.3, 0.4) is 0 Å². The molecule has 0 radical (unpaired) electrons. The second-order valence-corrected chi connectivity index (χ2v) is 6.37. The Labute approximate surface area is 183 Å². The smallest absolute Gasteiger partial charge is 0.191 e. The molecule has 2 N–H and O–H groups in total. The number of methoxy groups -OCH3 is 1. The van der Waals surface area contributed by atoms with E-state index in [-0.39, 0.29) is 24.0 Å². The molecule has 28 heavy (non-hydrogen) atoms. The number of nitrogens with zero attached hydrogens (tertiary/aromatic N) is 4. The minimum absolute atomic E-state index is 0. The summed E-state index contributed by atoms with van der Waals surface area (Å²) in [5, 5.41) is 15.2. The lowest BCUT2D eigenvalue weighted by atomic mass is 10.2. The van der Waals surface area contributed by atoms with Gasteiger partial charge in [0, 0.05) is 20.0 Å². The van der Waals surface area contributed by atoms with Crippen LogP contribution in [0.5, 0.6) is 11.5 Å². The fraction of sp³-hybridized carbons (Fsp3) is 0.526. The highest BCUT2D eigenvalue weighted by atomic mass is 127. The standard InChI is InChI=1S/C19H28N6O2.HI/c1-20-19(21-11-13-27-16-9-7-15(26-2)8-10-16)22-14-18-24-23-17-6-4-3-5-12-25(17)18;/h7-10H,3-6,11-14H2,1-2H3,(H2,20,21,22);1H. The lowest BCUT2D eigenvalue weighted by Crippen LogP contribution is -2.39. The van der Waals surface area contributed by atoms with Crippen LogP contribution in [-0.4, -0.2) is 48.0 Å². The normalized spacial score (nSPS) is 13.7. The first-order valence-corrected chi connectivity index (χ1v) is 9.42. The molecule has 3 rings (SSSR count). The number of rotatable bonds is 7. The first-order valence-electron chi connectivity index (χ1n) is 9.42. The molecular weight excluding hydrogens is 471 g/mol. The number of aliphatic imine (C=N–C) groups is 1. The van der Waals surface area contributed by atoms with E-state index in [1.54, 1.807) is 14.2 Å². The Morgan fingerprint density at radius 2 is 1.89 bits per heavy atom. The van der Waals surface area contributed by atoms with Crippen LogP contribution >= 0.6 is 24.0 Å². The Bertz CT molecular complexity index is 747. The van der Waals surface area contributed by atoms with Crippen LogP contribution in [0.4, 0.5) is 0 Å². The molecule has 8 nitrogen and oxygen atoms in total. The van der Waals surface area contributed by atoms with Gasteiger partial charge in [-0.25, -0.2) is 0 Å². The van der Waals surface area contributed by atoms with Crippen LogP contribution in [0.25, 0.3) is 0 Å². The Morgan fingerprint density at radius 1 is 1.11 bits per heavy atom. The predicted octanol–water partition coefficient (Wildman–Crippen LogP) is 2.38. The van der Waals surface area contributed by atoms with Gasteiger partial charge in [-0.15, -0.1) is 34.2 Å². The second-order valence-electron chi connectivity index (χ2n) is 6.37. The van der Waals surface area contributed by atoms with Crippen LogP contribution in [0.2, 0.25) is 0 Å². The number of fused-ring (bicyclic) bond motifs is 1. The zero-order valence-electron chi connectivity index (χ0n) is 16.5. The van der Waals surface area contributed by atoms with Crippen LogP contribution in [-0.2, 0) is 19.5 Å². The molecule has 9 heteroatoms. The number of ether oxygens (including phenoxy) is 2. The number of aromatic nitrogens is 3. The Balaban J connectivity index is 0.00000280. The van der Waals surface area contributed by atoms with Crippen molar-refractivity contribution in [3.63, 3.8) is 0 Å². The zero-order chi connectivity index (χ0) is 18.9. The molecule has 1 aromatic carbocycles. The maximum Gasteiger partial charge on any atom is 0.191 e. The number of benzene rings is 1. The van der Waals surface area contributed by atoms with Crippen molar-refractivity contribution in [2.24, 2.45) is 4.99 Å². The Kier molecular flexibility index (Phi) is 9.32. The second kappa shape index (κ2) is 11.7. The van der Waals surface area contributed by atoms with Crippen molar-refractivity contribution in [3.8, 4) is 11.5 Å². The Morgan fingerprint density at radius 3 is 2.64 bits per heavy atom. The number of halogens is 1. The van der Waals surface area contributed by atoms with Gasteiger partial charge in [-0.2, -0.15) is 0 Å². The van der Waals surface area contributed by atoms with Gasteiger partial charge in [0.05, 0.1) is 20.2 Å². The van der Waals surface area contributed by atoms with E-state index >= 15 is 0 Å². The topological polar surface area (TPSA) is 85.6 Å². The molecule has 0 spiro atoms. The minimum atomic E-state index is 0. The molecule has 2 aromatic rings. The molecule has 1 aliphatic heterocycles. The van der Waals surface area contributed by atoms with Crippen molar-refractivity contribution in [1.82, 2.24) is 25.4 Å². The first-order chi connectivity index (χ1) is 13.3. The molecule has 0 unspecified atom stereocenters. The predicted molar refractivity (Wildman–Crippen MR) is 120 cm³/mol. The number of guanidine groups is 1. The van der Waals surface area contributed by atoms with E-state index in [2.05, 4.69) is 30.4 Å². The van der Waals surface area contributed by atoms with E-state index < -0.39 is 0 Å². The van der Waals surface area contributed by atoms with Gasteiger partial charge in [0.2, 0.25) is 0 Å². The third kappa shape index (κ3) is 6.25. The van der Waals surface area contributed by atoms with E-state index in [0.29, 0.717) is 19.7 Å². The Hall–Kier alpha value is -2.04. The monoisotopic (exact) mass is 500 g/mol. The van der Waals surface area contributed by atoms with Gasteiger partial charge < -0.3 is 24.7 Å². The van der Waals surface area contributed by atoms with Crippen molar-refractivity contribution in [1.29, 1.82) is 0 Å². The van der Waals surface area contributed by atoms with Crippen molar-refractivity contribution in [2.75, 3.05) is 27.3 Å². The van der Waals surface area contributed by atoms with E-state index in [1.165, 1.54) is 19.3 Å². The highest BCUT2D eigenvalue weighted by Crippen LogP contribution is 2.16. The fourth-order valence-corrected chi connectivity index (χ4v) is 3.07. The molecule has 1 aliphatic rings. The highest BCUT2D eigenvalue weighted by molar-refractivity contribution is 14.0. The molecule has 0 saturated carbocycles. The molecule has 0 atom stereocenters. The van der Waals surface area contributed by atoms with Gasteiger partial charge in [0.15, 0.2) is 11.8 Å². The van der Waals surface area contributed by atoms with Crippen molar-refractivity contribution >= 4 is 29.9 Å². The molecular formula is C19H29IN6O2. The lowest BCUT2D eigenvalue weighted by Gasteiger charge is -2.13. The molecule has 0 saturated heterocycles. The average molecular weight is 500 g/mol. The fourth-order valence-electron chi connectivity index (χ4n) is 3.07. The van der Waals surface area contributed by atoms with Gasteiger partial charge in [-0.05, 0) is 37.1 Å². The third-order valence-corrected chi connectivity index (χ3v) is 4.55. The SMILES string of the molecule is CN=C(NCCOc1ccc(OC)cc1)NCc1nnc2n1CCCCC2.I. The summed E-state index contributed by atoms with van der Waals surface area (Å²) in [4.78, 5) is 4.25. The molecule has 0 fully saturated rings. The van der Waals surface area contributed by atoms with E-state index in [9.17, 15) is 0 Å². The minimum Gasteiger partial charge on any atom is -0.497 e. The number of hydrogen-bond acceptors (Lipinski definition) is 5. The third-order valence-electron chi connectivity index (χ3n) is 4.55. The molecule has 154 valence electrons. The van der Waals surface area contributed by atoms with Crippen molar-refractivity contribution in [2.45, 2.75) is 38.8 Å². The van der Waals surface area contributed by atoms with E-state index in [1.807, 2.05) is 24.3 Å². The van der Waals surface area contributed by atoms with Gasteiger partial charge in [-0.3, -0.25) is 4.99 Å². The van der Waals surface area contributed by atoms with Crippen LogP contribution < -0.4 is 20.1 Å². The molecule has 1 aromatic heterocycles. The average Bonchev–Trinajstić information content (AvgIpc) is 2.94. The highest BCUT2D eigenvalue weighted by Gasteiger charge is 2.14. The van der Waals surface area contributed by atoms with Crippen LogP contribution in [0, 0.1) is 0 Å². The van der Waals surface area contributed by atoms with Gasteiger partial charge in [-0.1, -0.05) is 6.42 Å². The summed E-state index contributed by atoms with van der Waals surface area (Å²) in [6.07, 6.45) is 4.66. The molecule has 0 bridgehead atoms. The zero-order valence-corrected chi connectivity index (χ0v) is 18.8. The van der Waals surface area contributed by atoms with Gasteiger partial charge in [0.25, 0.3) is 0 Å². The van der Waals surface area contributed by atoms with E-state index in [0.717, 1.165) is 42.1 Å². The molecule has 0 aliphatic carbocycles. The summed E-state index contributed by atoms with van der Waals surface area (Å²) in [5.74, 6) is 4.41. The number of aryl methyl sites for hydroxylation is 1. The van der Waals surface area contributed by atoms with Gasteiger partial charge >= 0.3 is 0 Å². The number of nitrogens with one attached hydrogen (secondary N) is 2. The summed E-state index contributed by atoms with van der Waals surface area (Å²) in [5.41, 5.74) is 0.